The molecular formula is C13H15NO2. The Hall–Kier alpha value is -1.77. The fourth-order valence-corrected chi connectivity index (χ4v) is 2.05. The van der Waals surface area contributed by atoms with E-state index in [-0.39, 0.29) is 5.92 Å². The minimum Gasteiger partial charge on any atom is -0.478 e. The first-order valence-corrected chi connectivity index (χ1v) is 5.37. The quantitative estimate of drug-likeness (QED) is 0.810. The number of carboxylic acids is 1. The second-order valence-electron chi connectivity index (χ2n) is 4.37. The van der Waals surface area contributed by atoms with Gasteiger partial charge in [0.25, 0.3) is 0 Å². The highest BCUT2D eigenvalue weighted by atomic mass is 16.4. The van der Waals surface area contributed by atoms with Gasteiger partial charge in [-0.1, -0.05) is 32.0 Å². The zero-order valence-corrected chi connectivity index (χ0v) is 9.66. The summed E-state index contributed by atoms with van der Waals surface area (Å²) in [5.41, 5.74) is 3.22. The van der Waals surface area contributed by atoms with Crippen LogP contribution in [-0.4, -0.2) is 16.1 Å². The van der Waals surface area contributed by atoms with E-state index in [1.807, 2.05) is 39.0 Å². The highest BCUT2D eigenvalue weighted by Gasteiger charge is 2.19. The number of H-pyrrole nitrogens is 1. The fraction of sp³-hybridized carbons (Fsp3) is 0.308. The standard InChI is InChI=1S/C13H15NO2/c1-7(2)11-10(13(15)16)9-6-4-5-8(3)12(9)14-11/h4-7,14H,1-3H3,(H,15,16). The van der Waals surface area contributed by atoms with Gasteiger partial charge in [0, 0.05) is 16.6 Å². The number of hydrogen-bond donors (Lipinski definition) is 2. The van der Waals surface area contributed by atoms with E-state index < -0.39 is 5.97 Å². The lowest BCUT2D eigenvalue weighted by atomic mass is 10.0. The van der Waals surface area contributed by atoms with E-state index in [9.17, 15) is 9.90 Å². The number of aromatic nitrogens is 1. The van der Waals surface area contributed by atoms with Crippen molar-refractivity contribution >= 4 is 16.9 Å². The van der Waals surface area contributed by atoms with Crippen molar-refractivity contribution in [2.45, 2.75) is 26.7 Å². The molecule has 0 radical (unpaired) electrons. The number of carbonyl (C=O) groups is 1. The summed E-state index contributed by atoms with van der Waals surface area (Å²) in [5, 5.41) is 10.1. The van der Waals surface area contributed by atoms with Gasteiger partial charge in [-0.15, -0.1) is 0 Å². The maximum absolute atomic E-state index is 11.3. The Morgan fingerprint density at radius 2 is 2.06 bits per heavy atom. The summed E-state index contributed by atoms with van der Waals surface area (Å²) in [5.74, 6) is -0.682. The summed E-state index contributed by atoms with van der Waals surface area (Å²) in [6, 6.07) is 5.73. The van der Waals surface area contributed by atoms with Crippen LogP contribution in [0.2, 0.25) is 0 Å². The van der Waals surface area contributed by atoms with Crippen molar-refractivity contribution < 1.29 is 9.90 Å². The van der Waals surface area contributed by atoms with Gasteiger partial charge in [0.2, 0.25) is 0 Å². The fourth-order valence-electron chi connectivity index (χ4n) is 2.05. The van der Waals surface area contributed by atoms with E-state index >= 15 is 0 Å². The molecule has 0 saturated heterocycles. The summed E-state index contributed by atoms with van der Waals surface area (Å²) >= 11 is 0. The van der Waals surface area contributed by atoms with Gasteiger partial charge in [-0.2, -0.15) is 0 Å². The summed E-state index contributed by atoms with van der Waals surface area (Å²) in [6.45, 7) is 5.97. The molecule has 0 unspecified atom stereocenters. The van der Waals surface area contributed by atoms with Crippen molar-refractivity contribution in [2.24, 2.45) is 0 Å². The molecule has 3 heteroatoms. The average molecular weight is 217 g/mol. The van der Waals surface area contributed by atoms with Crippen molar-refractivity contribution in [2.75, 3.05) is 0 Å². The second kappa shape index (κ2) is 3.67. The van der Waals surface area contributed by atoms with Gasteiger partial charge in [0.1, 0.15) is 0 Å². The topological polar surface area (TPSA) is 53.1 Å². The number of nitrogens with one attached hydrogen (secondary N) is 1. The number of aromatic amines is 1. The molecule has 0 fully saturated rings. The third-order valence-corrected chi connectivity index (χ3v) is 2.86. The van der Waals surface area contributed by atoms with Crippen molar-refractivity contribution in [1.29, 1.82) is 0 Å². The molecule has 0 spiro atoms. The zero-order chi connectivity index (χ0) is 11.9. The minimum atomic E-state index is -0.861. The lowest BCUT2D eigenvalue weighted by Crippen LogP contribution is -2.01. The molecule has 84 valence electrons. The largest absolute Gasteiger partial charge is 0.478 e. The Morgan fingerprint density at radius 3 is 2.62 bits per heavy atom. The van der Waals surface area contributed by atoms with Gasteiger partial charge in [0.15, 0.2) is 0 Å². The Morgan fingerprint density at radius 1 is 1.38 bits per heavy atom. The maximum Gasteiger partial charge on any atom is 0.338 e. The lowest BCUT2D eigenvalue weighted by molar-refractivity contribution is 0.0697. The van der Waals surface area contributed by atoms with Crippen LogP contribution in [0.25, 0.3) is 10.9 Å². The number of rotatable bonds is 2. The molecule has 2 rings (SSSR count). The minimum absolute atomic E-state index is 0.179. The molecule has 16 heavy (non-hydrogen) atoms. The normalized spacial score (nSPS) is 11.2. The SMILES string of the molecule is Cc1cccc2c(C(=O)O)c(C(C)C)[nH]c12. The van der Waals surface area contributed by atoms with E-state index in [0.29, 0.717) is 5.56 Å². The molecule has 0 aliphatic rings. The van der Waals surface area contributed by atoms with Crippen LogP contribution in [0.4, 0.5) is 0 Å². The number of aromatic carboxylic acids is 1. The van der Waals surface area contributed by atoms with Crippen molar-refractivity contribution in [3.8, 4) is 0 Å². The molecule has 0 bridgehead atoms. The summed E-state index contributed by atoms with van der Waals surface area (Å²) in [4.78, 5) is 14.5. The highest BCUT2D eigenvalue weighted by Crippen LogP contribution is 2.29. The van der Waals surface area contributed by atoms with Gasteiger partial charge < -0.3 is 10.1 Å². The first-order valence-electron chi connectivity index (χ1n) is 5.37. The van der Waals surface area contributed by atoms with Gasteiger partial charge >= 0.3 is 5.97 Å². The van der Waals surface area contributed by atoms with E-state index in [1.165, 1.54) is 0 Å². The first kappa shape index (κ1) is 10.7. The Bertz CT molecular complexity index is 552. The van der Waals surface area contributed by atoms with Gasteiger partial charge in [-0.05, 0) is 18.4 Å². The van der Waals surface area contributed by atoms with E-state index in [2.05, 4.69) is 4.98 Å². The van der Waals surface area contributed by atoms with Crippen molar-refractivity contribution in [3.63, 3.8) is 0 Å². The van der Waals surface area contributed by atoms with Crippen LogP contribution in [0.15, 0.2) is 18.2 Å². The smallest absolute Gasteiger partial charge is 0.338 e. The molecule has 0 aliphatic carbocycles. The number of benzene rings is 1. The molecule has 2 N–H and O–H groups in total. The predicted molar refractivity (Wildman–Crippen MR) is 64.1 cm³/mol. The summed E-state index contributed by atoms with van der Waals surface area (Å²) in [6.07, 6.45) is 0. The van der Waals surface area contributed by atoms with E-state index in [1.54, 1.807) is 0 Å². The second-order valence-corrected chi connectivity index (χ2v) is 4.37. The highest BCUT2D eigenvalue weighted by molar-refractivity contribution is 6.05. The van der Waals surface area contributed by atoms with E-state index in [4.69, 9.17) is 0 Å². The van der Waals surface area contributed by atoms with Crippen LogP contribution in [0.5, 0.6) is 0 Å². The van der Waals surface area contributed by atoms with Crippen molar-refractivity contribution in [3.05, 3.63) is 35.0 Å². The molecule has 2 aromatic rings. The van der Waals surface area contributed by atoms with Gasteiger partial charge in [-0.25, -0.2) is 4.79 Å². The van der Waals surface area contributed by atoms with Crippen LogP contribution in [0.3, 0.4) is 0 Å². The van der Waals surface area contributed by atoms with Crippen LogP contribution < -0.4 is 0 Å². The number of hydrogen-bond acceptors (Lipinski definition) is 1. The number of aryl methyl sites for hydroxylation is 1. The third-order valence-electron chi connectivity index (χ3n) is 2.86. The molecule has 0 saturated carbocycles. The molecule has 3 nitrogen and oxygen atoms in total. The molecule has 0 amide bonds. The maximum atomic E-state index is 11.3. The molecule has 0 aliphatic heterocycles. The van der Waals surface area contributed by atoms with Crippen LogP contribution in [0.1, 0.15) is 41.4 Å². The predicted octanol–water partition coefficient (Wildman–Crippen LogP) is 3.30. The van der Waals surface area contributed by atoms with Crippen LogP contribution >= 0.6 is 0 Å². The van der Waals surface area contributed by atoms with Crippen LogP contribution in [0, 0.1) is 6.92 Å². The zero-order valence-electron chi connectivity index (χ0n) is 9.66. The van der Waals surface area contributed by atoms with Gasteiger partial charge in [0.05, 0.1) is 5.56 Å². The molecule has 1 aromatic carbocycles. The Balaban J connectivity index is 2.86. The first-order chi connectivity index (χ1) is 7.52. The Kier molecular flexibility index (Phi) is 2.46. The van der Waals surface area contributed by atoms with Gasteiger partial charge in [-0.3, -0.25) is 0 Å². The lowest BCUT2D eigenvalue weighted by Gasteiger charge is -2.03. The third kappa shape index (κ3) is 1.48. The number of para-hydroxylation sites is 1. The van der Waals surface area contributed by atoms with Crippen molar-refractivity contribution in [1.82, 2.24) is 4.98 Å². The van der Waals surface area contributed by atoms with Crippen LogP contribution in [-0.2, 0) is 0 Å². The average Bonchev–Trinajstić information content (AvgIpc) is 2.58. The molecule has 0 atom stereocenters. The molecular weight excluding hydrogens is 202 g/mol. The summed E-state index contributed by atoms with van der Waals surface area (Å²) < 4.78 is 0. The monoisotopic (exact) mass is 217 g/mol. The molecule has 1 heterocycles. The summed E-state index contributed by atoms with van der Waals surface area (Å²) in [7, 11) is 0. The van der Waals surface area contributed by atoms with E-state index in [0.717, 1.165) is 22.2 Å². The number of fused-ring (bicyclic) bond motifs is 1. The molecule has 1 aromatic heterocycles. The Labute approximate surface area is 94.1 Å². The number of carboxylic acid groups (broad SMARTS) is 1.